The molecule has 46 heavy (non-hydrogen) atoms. The molecule has 0 radical (unpaired) electrons. The van der Waals surface area contributed by atoms with Crippen LogP contribution >= 0.6 is 11.6 Å². The molecule has 2 bridgehead atoms. The van der Waals surface area contributed by atoms with Crippen molar-refractivity contribution in [1.29, 1.82) is 0 Å². The van der Waals surface area contributed by atoms with E-state index >= 15 is 0 Å². The second-order valence-corrected chi connectivity index (χ2v) is 16.6. The number of aryl methyl sites for hydroxylation is 1. The number of hydrogen-bond acceptors (Lipinski definition) is 7. The van der Waals surface area contributed by atoms with E-state index < -0.39 is 27.3 Å². The standard InChI is InChI=1S/C36H45ClN2O6S/c1-23-5-2-8-32(40)29-12-9-26(29)20-39-21-36(15-3-6-24-17-27(37)11-13-30(24)36)22-45-33-14-10-25(18-31(33)39)35(41)38-46(42,43)34(23)19-28-7-4-16-44-28/h2,8,10-11,13-14,17-18,23,26,28-29,32,34,40H,3-7,9,12,15-16,19-22H2,1H3,(H,38,41)/t23?,26-,28-,29?,32?,34-,36?/m0/s1. The van der Waals surface area contributed by atoms with Crippen LogP contribution in [0, 0.1) is 17.8 Å². The number of benzene rings is 2. The largest absolute Gasteiger partial charge is 0.490 e. The van der Waals surface area contributed by atoms with Crippen molar-refractivity contribution in [3.63, 3.8) is 0 Å². The molecule has 1 amide bonds. The van der Waals surface area contributed by atoms with Crippen molar-refractivity contribution in [2.24, 2.45) is 17.8 Å². The molecule has 3 heterocycles. The maximum absolute atomic E-state index is 13.9. The first-order valence-corrected chi connectivity index (χ1v) is 18.9. The van der Waals surface area contributed by atoms with Gasteiger partial charge in [0.2, 0.25) is 10.0 Å². The summed E-state index contributed by atoms with van der Waals surface area (Å²) in [6.07, 6.45) is 10.4. The van der Waals surface area contributed by atoms with Gasteiger partial charge in [0.25, 0.3) is 5.91 Å². The van der Waals surface area contributed by atoms with Crippen LogP contribution in [0.15, 0.2) is 48.6 Å². The number of allylic oxidation sites excluding steroid dienone is 1. The van der Waals surface area contributed by atoms with Crippen LogP contribution in [0.4, 0.5) is 5.69 Å². The summed E-state index contributed by atoms with van der Waals surface area (Å²) in [5.41, 5.74) is 3.31. The fourth-order valence-corrected chi connectivity index (χ4v) is 10.5. The Bertz CT molecular complexity index is 1610. The van der Waals surface area contributed by atoms with Crippen LogP contribution in [0.3, 0.4) is 0 Å². The van der Waals surface area contributed by atoms with E-state index in [2.05, 4.69) is 21.8 Å². The highest BCUT2D eigenvalue weighted by Gasteiger charge is 2.44. The van der Waals surface area contributed by atoms with E-state index in [0.717, 1.165) is 55.7 Å². The molecule has 4 unspecified atom stereocenters. The maximum Gasteiger partial charge on any atom is 0.264 e. The molecule has 0 aromatic heterocycles. The molecule has 1 spiro atoms. The predicted molar refractivity (Wildman–Crippen MR) is 179 cm³/mol. The number of fused-ring (bicyclic) bond motifs is 4. The van der Waals surface area contributed by atoms with Crippen molar-refractivity contribution in [1.82, 2.24) is 4.72 Å². The number of hydrogen-bond donors (Lipinski definition) is 2. The average Bonchev–Trinajstić information content (AvgIpc) is 3.47. The molecule has 2 aromatic carbocycles. The molecule has 2 N–H and O–H groups in total. The summed E-state index contributed by atoms with van der Waals surface area (Å²) in [6, 6.07) is 11.4. The van der Waals surface area contributed by atoms with E-state index in [0.29, 0.717) is 44.9 Å². The van der Waals surface area contributed by atoms with E-state index in [1.807, 2.05) is 25.1 Å². The van der Waals surface area contributed by atoms with Gasteiger partial charge in [-0.2, -0.15) is 0 Å². The zero-order valence-electron chi connectivity index (χ0n) is 26.5. The molecule has 248 valence electrons. The Kier molecular flexibility index (Phi) is 8.89. The Labute approximate surface area is 277 Å². The number of aliphatic hydroxyl groups excluding tert-OH is 1. The smallest absolute Gasteiger partial charge is 0.264 e. The Hall–Kier alpha value is -2.59. The number of nitrogens with one attached hydrogen (secondary N) is 1. The van der Waals surface area contributed by atoms with E-state index in [9.17, 15) is 18.3 Å². The van der Waals surface area contributed by atoms with Crippen molar-refractivity contribution in [2.75, 3.05) is 31.2 Å². The van der Waals surface area contributed by atoms with Crippen molar-refractivity contribution in [2.45, 2.75) is 87.6 Å². The quantitative estimate of drug-likeness (QED) is 0.390. The van der Waals surface area contributed by atoms with Crippen LogP contribution in [0.5, 0.6) is 5.75 Å². The summed E-state index contributed by atoms with van der Waals surface area (Å²) in [6.45, 7) is 4.42. The second-order valence-electron chi connectivity index (χ2n) is 14.3. The Morgan fingerprint density at radius 1 is 1.13 bits per heavy atom. The van der Waals surface area contributed by atoms with Gasteiger partial charge in [0.05, 0.1) is 29.8 Å². The third-order valence-corrected chi connectivity index (χ3v) is 13.5. The van der Waals surface area contributed by atoms with Crippen molar-refractivity contribution in [3.05, 3.63) is 70.3 Å². The van der Waals surface area contributed by atoms with Gasteiger partial charge in [-0.15, -0.1) is 0 Å². The number of anilines is 1. The van der Waals surface area contributed by atoms with Gasteiger partial charge in [-0.25, -0.2) is 13.1 Å². The summed E-state index contributed by atoms with van der Waals surface area (Å²) >= 11 is 6.41. The zero-order valence-corrected chi connectivity index (χ0v) is 28.1. The molecule has 1 saturated heterocycles. The van der Waals surface area contributed by atoms with E-state index in [1.165, 1.54) is 11.1 Å². The van der Waals surface area contributed by atoms with Crippen LogP contribution in [0.2, 0.25) is 5.02 Å². The van der Waals surface area contributed by atoms with Gasteiger partial charge in [0.15, 0.2) is 0 Å². The SMILES string of the molecule is CC1CC=CC(O)C2CC[C@H]2CN2CC3(CCCc4cc(Cl)ccc43)COc3ccc(cc32)C(=O)NS(=O)(=O)[C@H]1C[C@@H]1CCCO1. The highest BCUT2D eigenvalue weighted by atomic mass is 35.5. The summed E-state index contributed by atoms with van der Waals surface area (Å²) < 4.78 is 42.5. The number of aliphatic hydroxyl groups is 1. The van der Waals surface area contributed by atoms with E-state index in [4.69, 9.17) is 21.1 Å². The molecule has 3 aliphatic heterocycles. The van der Waals surface area contributed by atoms with E-state index in [1.54, 1.807) is 18.2 Å². The molecule has 5 aliphatic rings. The molecule has 7 rings (SSSR count). The number of nitrogens with zero attached hydrogens (tertiary/aromatic N) is 1. The van der Waals surface area contributed by atoms with Crippen molar-refractivity contribution in [3.8, 4) is 5.75 Å². The molecule has 2 aromatic rings. The predicted octanol–water partition coefficient (Wildman–Crippen LogP) is 5.79. The maximum atomic E-state index is 13.9. The van der Waals surface area contributed by atoms with Crippen LogP contribution in [0.25, 0.3) is 0 Å². The van der Waals surface area contributed by atoms with Gasteiger partial charge >= 0.3 is 0 Å². The Balaban J connectivity index is 1.27. The zero-order chi connectivity index (χ0) is 32.1. The highest BCUT2D eigenvalue weighted by Crippen LogP contribution is 2.47. The first-order chi connectivity index (χ1) is 22.1. The molecule has 7 atom stereocenters. The lowest BCUT2D eigenvalue weighted by Gasteiger charge is -2.45. The van der Waals surface area contributed by atoms with Gasteiger partial charge in [-0.3, -0.25) is 4.79 Å². The number of ether oxygens (including phenoxy) is 2. The first-order valence-electron chi connectivity index (χ1n) is 16.9. The lowest BCUT2D eigenvalue weighted by molar-refractivity contribution is 0.0455. The van der Waals surface area contributed by atoms with Gasteiger partial charge in [0.1, 0.15) is 5.75 Å². The number of rotatable bonds is 2. The minimum atomic E-state index is -4.04. The van der Waals surface area contributed by atoms with Crippen molar-refractivity contribution >= 4 is 33.2 Å². The fourth-order valence-electron chi connectivity index (χ4n) is 8.55. The van der Waals surface area contributed by atoms with Crippen molar-refractivity contribution < 1.29 is 27.8 Å². The number of halogens is 1. The van der Waals surface area contributed by atoms with Crippen LogP contribution in [-0.2, 0) is 26.6 Å². The lowest BCUT2D eigenvalue weighted by atomic mass is 9.68. The number of amides is 1. The van der Waals surface area contributed by atoms with Gasteiger partial charge in [-0.1, -0.05) is 36.7 Å². The summed E-state index contributed by atoms with van der Waals surface area (Å²) in [4.78, 5) is 16.0. The summed E-state index contributed by atoms with van der Waals surface area (Å²) in [7, 11) is -4.04. The van der Waals surface area contributed by atoms with Gasteiger partial charge < -0.3 is 19.5 Å². The summed E-state index contributed by atoms with van der Waals surface area (Å²) in [5.74, 6) is 0.149. The number of carbonyl (C=O) groups excluding carboxylic acids is 1. The summed E-state index contributed by atoms with van der Waals surface area (Å²) in [5, 5.41) is 11.2. The third-order valence-electron chi connectivity index (χ3n) is 11.3. The number of sulfonamides is 1. The average molecular weight is 669 g/mol. The second kappa shape index (κ2) is 12.8. The monoisotopic (exact) mass is 668 g/mol. The van der Waals surface area contributed by atoms with E-state index in [-0.39, 0.29) is 34.8 Å². The first kappa shape index (κ1) is 32.0. The fraction of sp³-hybridized carbons (Fsp3) is 0.583. The molecule has 8 nitrogen and oxygen atoms in total. The lowest BCUT2D eigenvalue weighted by Crippen LogP contribution is -2.49. The Morgan fingerprint density at radius 3 is 2.78 bits per heavy atom. The normalized spacial score (nSPS) is 34.1. The molecule has 2 fully saturated rings. The third kappa shape index (κ3) is 6.20. The minimum Gasteiger partial charge on any atom is -0.490 e. The number of carbonyl (C=O) groups is 1. The molecular formula is C36H45ClN2O6S. The Morgan fingerprint density at radius 2 is 2.00 bits per heavy atom. The van der Waals surface area contributed by atoms with Gasteiger partial charge in [-0.05, 0) is 117 Å². The molecule has 2 aliphatic carbocycles. The molecule has 10 heteroatoms. The van der Waals surface area contributed by atoms with Crippen LogP contribution in [0.1, 0.15) is 79.8 Å². The molecule has 1 saturated carbocycles. The molecular weight excluding hydrogens is 624 g/mol. The topological polar surface area (TPSA) is 105 Å². The highest BCUT2D eigenvalue weighted by molar-refractivity contribution is 7.90. The van der Waals surface area contributed by atoms with Gasteiger partial charge in [0, 0.05) is 35.7 Å². The van der Waals surface area contributed by atoms with Crippen LogP contribution in [-0.4, -0.2) is 63.2 Å². The minimum absolute atomic E-state index is 0.110. The van der Waals surface area contributed by atoms with Crippen LogP contribution < -0.4 is 14.4 Å².